The van der Waals surface area contributed by atoms with Gasteiger partial charge in [-0.25, -0.2) is 0 Å². The smallest absolute Gasteiger partial charge is 0.273 e. The number of nitrogens with zero attached hydrogens (tertiary/aromatic N) is 3. The minimum atomic E-state index is -0.473. The Bertz CT molecular complexity index is 1460. The summed E-state index contributed by atoms with van der Waals surface area (Å²) < 4.78 is 11.7. The number of aryl methyl sites for hydroxylation is 2. The first kappa shape index (κ1) is 25.3. The van der Waals surface area contributed by atoms with E-state index in [1.165, 1.54) is 0 Å². The third kappa shape index (κ3) is 4.58. The van der Waals surface area contributed by atoms with Gasteiger partial charge in [0.1, 0.15) is 17.1 Å². The first-order valence-electron chi connectivity index (χ1n) is 12.7. The minimum absolute atomic E-state index is 0.128. The monoisotopic (exact) mass is 512 g/mol. The van der Waals surface area contributed by atoms with Gasteiger partial charge in [0.25, 0.3) is 5.91 Å². The zero-order valence-electron chi connectivity index (χ0n) is 22.3. The number of aromatic nitrogens is 3. The summed E-state index contributed by atoms with van der Waals surface area (Å²) in [4.78, 5) is 19.8. The first-order valence-corrected chi connectivity index (χ1v) is 12.7. The lowest BCUT2D eigenvalue weighted by Gasteiger charge is -2.27. The van der Waals surface area contributed by atoms with E-state index in [4.69, 9.17) is 9.47 Å². The Labute approximate surface area is 222 Å². The van der Waals surface area contributed by atoms with Crippen LogP contribution in [0.25, 0.3) is 11.3 Å². The third-order valence-corrected chi connectivity index (χ3v) is 6.71. The third-order valence-electron chi connectivity index (χ3n) is 6.71. The van der Waals surface area contributed by atoms with Gasteiger partial charge in [-0.05, 0) is 66.3 Å². The van der Waals surface area contributed by atoms with Crippen molar-refractivity contribution in [2.45, 2.75) is 40.3 Å². The van der Waals surface area contributed by atoms with Crippen LogP contribution < -0.4 is 9.47 Å². The molecule has 8 nitrogen and oxygen atoms in total. The molecule has 38 heavy (non-hydrogen) atoms. The lowest BCUT2D eigenvalue weighted by Crippen LogP contribution is -2.29. The summed E-state index contributed by atoms with van der Waals surface area (Å²) in [5.74, 6) is 1.56. The number of hydrogen-bond donors (Lipinski definition) is 2. The zero-order chi connectivity index (χ0) is 27.0. The van der Waals surface area contributed by atoms with Crippen LogP contribution >= 0.6 is 0 Å². The molecule has 8 heteroatoms. The van der Waals surface area contributed by atoms with E-state index >= 15 is 0 Å². The highest BCUT2D eigenvalue weighted by atomic mass is 16.5. The molecule has 2 aromatic carbocycles. The number of phenols is 1. The molecule has 4 aromatic rings. The summed E-state index contributed by atoms with van der Waals surface area (Å²) in [5.41, 5.74) is 5.88. The minimum Gasteiger partial charge on any atom is -0.507 e. The SMILES string of the molecule is COc1cc(C2c3c(-c4c(C)cc(C)cc4O)n[nH]c3C(=O)N2Cc2cccnc2)ccc1OCC(C)C. The van der Waals surface area contributed by atoms with E-state index in [-0.39, 0.29) is 11.7 Å². The van der Waals surface area contributed by atoms with E-state index in [1.807, 2.05) is 50.2 Å². The van der Waals surface area contributed by atoms with Gasteiger partial charge >= 0.3 is 0 Å². The summed E-state index contributed by atoms with van der Waals surface area (Å²) >= 11 is 0. The average Bonchev–Trinajstić information content (AvgIpc) is 3.41. The second kappa shape index (κ2) is 10.2. The fourth-order valence-electron chi connectivity index (χ4n) is 5.07. The van der Waals surface area contributed by atoms with Gasteiger partial charge in [-0.3, -0.25) is 14.9 Å². The second-order valence-corrected chi connectivity index (χ2v) is 10.1. The maximum absolute atomic E-state index is 13.8. The second-order valence-electron chi connectivity index (χ2n) is 10.1. The fraction of sp³-hybridized carbons (Fsp3) is 0.300. The molecular formula is C30H32N4O4. The number of nitrogens with one attached hydrogen (secondary N) is 1. The first-order chi connectivity index (χ1) is 18.3. The van der Waals surface area contributed by atoms with Crippen molar-refractivity contribution < 1.29 is 19.4 Å². The van der Waals surface area contributed by atoms with Crippen LogP contribution in [0.5, 0.6) is 17.2 Å². The highest BCUT2D eigenvalue weighted by molar-refractivity contribution is 6.00. The van der Waals surface area contributed by atoms with Gasteiger partial charge in [0.15, 0.2) is 11.5 Å². The summed E-state index contributed by atoms with van der Waals surface area (Å²) in [7, 11) is 1.61. The van der Waals surface area contributed by atoms with Crippen LogP contribution in [0.4, 0.5) is 0 Å². The molecule has 0 aliphatic carbocycles. The molecule has 1 amide bonds. The number of amides is 1. The molecule has 196 valence electrons. The van der Waals surface area contributed by atoms with Gasteiger partial charge in [0, 0.05) is 30.1 Å². The topological polar surface area (TPSA) is 101 Å². The molecule has 1 aliphatic heterocycles. The standard InChI is InChI=1S/C30H32N4O4/c1-17(2)16-38-23-9-8-21(13-24(23)37-5)29-26-27(25-19(4)11-18(3)12-22(25)35)32-33-28(26)30(36)34(29)15-20-7-6-10-31-14-20/h6-14,17,29,35H,15-16H2,1-5H3,(H,32,33). The predicted octanol–water partition coefficient (Wildman–Crippen LogP) is 5.58. The summed E-state index contributed by atoms with van der Waals surface area (Å²) in [6.07, 6.45) is 3.47. The van der Waals surface area contributed by atoms with Crippen LogP contribution in [0, 0.1) is 19.8 Å². The molecule has 0 bridgehead atoms. The van der Waals surface area contributed by atoms with Gasteiger partial charge in [-0.15, -0.1) is 0 Å². The molecule has 1 aliphatic rings. The maximum Gasteiger partial charge on any atom is 0.273 e. The van der Waals surface area contributed by atoms with Gasteiger partial charge in [0.2, 0.25) is 0 Å². The van der Waals surface area contributed by atoms with Crippen LogP contribution in [0.3, 0.4) is 0 Å². The molecule has 2 N–H and O–H groups in total. The molecule has 0 saturated heterocycles. The van der Waals surface area contributed by atoms with E-state index in [2.05, 4.69) is 29.0 Å². The Morgan fingerprint density at radius 2 is 1.95 bits per heavy atom. The van der Waals surface area contributed by atoms with Gasteiger partial charge < -0.3 is 19.5 Å². The van der Waals surface area contributed by atoms with Crippen molar-refractivity contribution in [3.05, 3.63) is 88.4 Å². The Morgan fingerprint density at radius 3 is 2.63 bits per heavy atom. The predicted molar refractivity (Wildman–Crippen MR) is 144 cm³/mol. The van der Waals surface area contributed by atoms with Crippen LogP contribution in [0.15, 0.2) is 54.9 Å². The Kier molecular flexibility index (Phi) is 6.80. The number of benzene rings is 2. The quantitative estimate of drug-likeness (QED) is 0.320. The number of phenolic OH excluding ortho intramolecular Hbond substituents is 1. The van der Waals surface area contributed by atoms with E-state index in [1.54, 1.807) is 30.5 Å². The Morgan fingerprint density at radius 1 is 1.13 bits per heavy atom. The number of ether oxygens (including phenoxy) is 2. The largest absolute Gasteiger partial charge is 0.507 e. The van der Waals surface area contributed by atoms with Crippen LogP contribution in [0.1, 0.15) is 58.2 Å². The lowest BCUT2D eigenvalue weighted by molar-refractivity contribution is 0.0729. The number of methoxy groups -OCH3 is 1. The number of rotatable bonds is 8. The van der Waals surface area contributed by atoms with Crippen molar-refractivity contribution in [1.82, 2.24) is 20.1 Å². The van der Waals surface area contributed by atoms with E-state index < -0.39 is 6.04 Å². The molecule has 3 heterocycles. The van der Waals surface area contributed by atoms with Gasteiger partial charge in [0.05, 0.1) is 19.8 Å². The van der Waals surface area contributed by atoms with Gasteiger partial charge in [-0.1, -0.05) is 32.0 Å². The number of hydrogen-bond acceptors (Lipinski definition) is 6. The molecule has 0 saturated carbocycles. The van der Waals surface area contributed by atoms with E-state index in [0.717, 1.165) is 27.8 Å². The van der Waals surface area contributed by atoms with Crippen LogP contribution in [0.2, 0.25) is 0 Å². The number of fused-ring (bicyclic) bond motifs is 1. The summed E-state index contributed by atoms with van der Waals surface area (Å²) in [6.45, 7) is 8.96. The maximum atomic E-state index is 13.8. The van der Waals surface area contributed by atoms with Gasteiger partial charge in [-0.2, -0.15) is 5.10 Å². The Hall–Kier alpha value is -4.33. The van der Waals surface area contributed by atoms with Crippen molar-refractivity contribution in [2.75, 3.05) is 13.7 Å². The highest BCUT2D eigenvalue weighted by Crippen LogP contribution is 2.47. The van der Waals surface area contributed by atoms with E-state index in [0.29, 0.717) is 47.5 Å². The molecule has 5 rings (SSSR count). The van der Waals surface area contributed by atoms with Crippen molar-refractivity contribution in [3.63, 3.8) is 0 Å². The summed E-state index contributed by atoms with van der Waals surface area (Å²) in [6, 6.07) is 12.8. The van der Waals surface area contributed by atoms with E-state index in [9.17, 15) is 9.90 Å². The molecule has 1 atom stereocenters. The van der Waals surface area contributed by atoms with Crippen LogP contribution in [-0.4, -0.2) is 44.8 Å². The Balaban J connectivity index is 1.66. The van der Waals surface area contributed by atoms with Crippen molar-refractivity contribution >= 4 is 5.91 Å². The highest BCUT2D eigenvalue weighted by Gasteiger charge is 2.43. The van der Waals surface area contributed by atoms with Crippen molar-refractivity contribution in [1.29, 1.82) is 0 Å². The number of carbonyl (C=O) groups excluding carboxylic acids is 1. The number of carbonyl (C=O) groups is 1. The molecule has 0 radical (unpaired) electrons. The number of H-pyrrole nitrogens is 1. The normalized spacial score (nSPS) is 14.7. The van der Waals surface area contributed by atoms with Crippen molar-refractivity contribution in [3.8, 4) is 28.5 Å². The zero-order valence-corrected chi connectivity index (χ0v) is 22.3. The number of aromatic amines is 1. The summed E-state index contributed by atoms with van der Waals surface area (Å²) in [5, 5.41) is 18.4. The molecular weight excluding hydrogens is 480 g/mol. The number of pyridine rings is 1. The molecule has 0 fully saturated rings. The molecule has 0 spiro atoms. The molecule has 1 unspecified atom stereocenters. The van der Waals surface area contributed by atoms with Crippen LogP contribution in [-0.2, 0) is 6.54 Å². The lowest BCUT2D eigenvalue weighted by atomic mass is 9.93. The van der Waals surface area contributed by atoms with Crippen molar-refractivity contribution in [2.24, 2.45) is 5.92 Å². The molecule has 2 aromatic heterocycles. The number of aromatic hydroxyl groups is 1. The average molecular weight is 513 g/mol. The fourth-order valence-corrected chi connectivity index (χ4v) is 5.07.